The van der Waals surface area contributed by atoms with Gasteiger partial charge in [-0.15, -0.1) is 26.3 Å². The number of carbonyl (C=O) groups is 3. The Balaban J connectivity index is 3.05. The van der Waals surface area contributed by atoms with Crippen LogP contribution in [0.3, 0.4) is 0 Å². The molecule has 0 bridgehead atoms. The summed E-state index contributed by atoms with van der Waals surface area (Å²) in [7, 11) is -6.44. The lowest BCUT2D eigenvalue weighted by Crippen LogP contribution is -2.72. The second-order valence-corrected chi connectivity index (χ2v) is 33.0. The molecule has 0 saturated carbocycles. The highest BCUT2D eigenvalue weighted by Gasteiger charge is 2.64. The van der Waals surface area contributed by atoms with E-state index < -0.39 is 107 Å². The zero-order valence-corrected chi connectivity index (χ0v) is 73.2. The van der Waals surface area contributed by atoms with Crippen LogP contribution in [0.15, 0.2) is 88.1 Å². The Morgan fingerprint density at radius 1 is 0.421 bits per heavy atom. The van der Waals surface area contributed by atoms with Gasteiger partial charge in [-0.1, -0.05) is 282 Å². The van der Waals surface area contributed by atoms with Gasteiger partial charge in [-0.2, -0.15) is 0 Å². The van der Waals surface area contributed by atoms with E-state index in [9.17, 15) is 19.3 Å². The van der Waals surface area contributed by atoms with E-state index >= 15 is 9.36 Å². The molecule has 0 aliphatic carbocycles. The van der Waals surface area contributed by atoms with E-state index in [1.165, 1.54) is 114 Å². The van der Waals surface area contributed by atoms with Crippen LogP contribution < -0.4 is 0 Å². The highest BCUT2D eigenvalue weighted by atomic mass is 31.2. The number of phosphoric acid groups is 2. The van der Waals surface area contributed by atoms with Gasteiger partial charge in [0, 0.05) is 40.3 Å². The summed E-state index contributed by atoms with van der Waals surface area (Å²) in [6.45, 7) is 28.3. The van der Waals surface area contributed by atoms with Gasteiger partial charge < -0.3 is 61.9 Å². The lowest BCUT2D eigenvalue weighted by atomic mass is 9.81. The van der Waals surface area contributed by atoms with E-state index in [-0.39, 0.29) is 85.0 Å². The summed E-state index contributed by atoms with van der Waals surface area (Å²) in [4.78, 5) is 43.3. The van der Waals surface area contributed by atoms with E-state index in [0.717, 1.165) is 148 Å². The molecule has 0 aromatic heterocycles. The molecule has 1 N–H and O–H groups in total. The number of aliphatic hydroxyl groups is 1. The van der Waals surface area contributed by atoms with Crippen molar-refractivity contribution >= 4 is 33.7 Å². The van der Waals surface area contributed by atoms with Gasteiger partial charge in [-0.3, -0.25) is 31.9 Å². The molecule has 0 aromatic carbocycles. The Hall–Kier alpha value is -3.75. The van der Waals surface area contributed by atoms with Crippen molar-refractivity contribution in [1.29, 1.82) is 0 Å². The van der Waals surface area contributed by atoms with Crippen LogP contribution in [0.1, 0.15) is 297 Å². The number of methoxy groups -OCH3 is 2. The molecule has 114 heavy (non-hydrogen) atoms. The molecular formula is C88H156O24P2. The van der Waals surface area contributed by atoms with Crippen LogP contribution in [0.2, 0.25) is 0 Å². The fraction of sp³-hybridized carbons (Fsp3) is 0.807. The molecule has 2 aliphatic rings. The molecule has 0 amide bonds. The molecule has 0 spiro atoms. The predicted octanol–water partition coefficient (Wildman–Crippen LogP) is 22.4. The average molecular weight is 1660 g/mol. The monoisotopic (exact) mass is 1660 g/mol. The number of hydrogen-bond acceptors (Lipinski definition) is 24. The molecule has 2 rings (SSSR count). The van der Waals surface area contributed by atoms with Gasteiger partial charge in [0.05, 0.1) is 52.4 Å². The van der Waals surface area contributed by atoms with Crippen molar-refractivity contribution in [3.05, 3.63) is 88.1 Å². The first kappa shape index (κ1) is 106. The van der Waals surface area contributed by atoms with E-state index in [4.69, 9.17) is 84.0 Å². The maximum Gasteiger partial charge on any atom is 0.509 e. The standard InChI is InChI=1S/C88H156O24P2/c1-13-23-27-31-34-37-39-40-41-42-43-45-48-52-56-60-78(89)88(92)83(99-71-61-74(96-12)58-54-50-30-26-16-4)80(111-113(93,103-65-19-7)104-66-20-8)76(72-95-11)109-85(88)102-73-77-79(110-87(91)101-64-18-6)81(97-69-57-53-49-46-38-35-32-28-24-14-2)82(84(108-77)112-114(94,105-67-21-9)106-68-22-10)98-70-62-75(107-86(90)100-63-17-5)59-55-51-47-44-36-33-29-25-15-3/h17-22,37,39,74-77,79-85,92H,5-10,13-16,23-36,38,40-73H2,1-4,11-12H3/b39-37-/t74-,75-,76-,77-,79-,80-,81+,82-,83+,84?,85-,88-/m1/s1. The zero-order valence-electron chi connectivity index (χ0n) is 71.4. The Morgan fingerprint density at radius 3 is 1.32 bits per heavy atom. The highest BCUT2D eigenvalue weighted by Crippen LogP contribution is 2.55. The van der Waals surface area contributed by atoms with Crippen molar-refractivity contribution in [3.63, 3.8) is 0 Å². The summed E-state index contributed by atoms with van der Waals surface area (Å²) < 4.78 is 142. The van der Waals surface area contributed by atoms with Crippen molar-refractivity contribution < 1.29 is 113 Å². The molecule has 24 nitrogen and oxygen atoms in total. The first-order chi connectivity index (χ1) is 55.5. The SMILES string of the molecule is C=CCOC(=O)O[C@H](CCCCCCCCCCC)CCO[C@H]1C(OP(=O)(OCC=C)OCC=C)O[C@H](CO[C@@H]2O[C@H](COC)[C@@H](OP(=O)(OCC=C)OCC=C)[C@H](OCC[C@@H](CCCCCCC)OC)[C@]2(O)C(=O)CCCCCCCCC/C=C\CCCCCC)[C@@H](OC(=O)OCC=C)[C@@H]1OCCCCCCCCCCCC. The van der Waals surface area contributed by atoms with Crippen LogP contribution in [0.25, 0.3) is 0 Å². The van der Waals surface area contributed by atoms with E-state index in [0.29, 0.717) is 38.5 Å². The Morgan fingerprint density at radius 2 is 0.833 bits per heavy atom. The molecule has 0 radical (unpaired) electrons. The summed E-state index contributed by atoms with van der Waals surface area (Å²) in [6, 6.07) is 0. The summed E-state index contributed by atoms with van der Waals surface area (Å²) in [5, 5.41) is 14.0. The van der Waals surface area contributed by atoms with Gasteiger partial charge in [0.1, 0.15) is 55.9 Å². The van der Waals surface area contributed by atoms with Gasteiger partial charge in [-0.25, -0.2) is 18.7 Å². The summed E-state index contributed by atoms with van der Waals surface area (Å²) in [5.74, 6) is -0.775. The smallest absolute Gasteiger partial charge is 0.431 e. The number of carbonyl (C=O) groups excluding carboxylic acids is 3. The van der Waals surface area contributed by atoms with Gasteiger partial charge in [0.25, 0.3) is 0 Å². The number of allylic oxidation sites excluding steroid dienone is 2. The third-order valence-electron chi connectivity index (χ3n) is 20.1. The molecule has 0 aromatic rings. The van der Waals surface area contributed by atoms with Crippen LogP contribution in [-0.4, -0.2) is 183 Å². The summed E-state index contributed by atoms with van der Waals surface area (Å²) >= 11 is 0. The van der Waals surface area contributed by atoms with Crippen LogP contribution in [0.5, 0.6) is 0 Å². The van der Waals surface area contributed by atoms with Crippen LogP contribution in [0.4, 0.5) is 9.59 Å². The largest absolute Gasteiger partial charge is 0.509 e. The van der Waals surface area contributed by atoms with Gasteiger partial charge in [-0.05, 0) is 64.2 Å². The van der Waals surface area contributed by atoms with Gasteiger partial charge in [0.15, 0.2) is 24.5 Å². The van der Waals surface area contributed by atoms with Crippen molar-refractivity contribution in [3.8, 4) is 0 Å². The number of Topliss-reactive ketones (excluding diaryl/α,β-unsaturated/α-hetero) is 1. The minimum atomic E-state index is -4.75. The topological polar surface area (TPSA) is 272 Å². The molecule has 2 saturated heterocycles. The number of rotatable bonds is 80. The minimum absolute atomic E-state index is 0.0651. The Labute approximate surface area is 688 Å². The number of hydrogen-bond donors (Lipinski definition) is 1. The zero-order chi connectivity index (χ0) is 83.4. The Bertz CT molecular complexity index is 2560. The average Bonchev–Trinajstić information content (AvgIpc) is 0.741. The minimum Gasteiger partial charge on any atom is -0.431 e. The van der Waals surface area contributed by atoms with E-state index in [1.54, 1.807) is 7.11 Å². The van der Waals surface area contributed by atoms with Crippen LogP contribution >= 0.6 is 15.6 Å². The van der Waals surface area contributed by atoms with Crippen LogP contribution in [-0.2, 0) is 97.9 Å². The quantitative estimate of drug-likeness (QED) is 0.0256. The van der Waals surface area contributed by atoms with Crippen molar-refractivity contribution in [2.45, 2.75) is 370 Å². The fourth-order valence-electron chi connectivity index (χ4n) is 13.8. The lowest BCUT2D eigenvalue weighted by molar-refractivity contribution is -0.349. The molecule has 26 heteroatoms. The van der Waals surface area contributed by atoms with Gasteiger partial charge in [0.2, 0.25) is 5.60 Å². The highest BCUT2D eigenvalue weighted by molar-refractivity contribution is 7.48. The molecule has 12 atom stereocenters. The molecule has 2 aliphatic heterocycles. The third-order valence-corrected chi connectivity index (χ3v) is 22.9. The summed E-state index contributed by atoms with van der Waals surface area (Å²) in [6.07, 6.45) is 34.2. The fourth-order valence-corrected chi connectivity index (χ4v) is 16.3. The molecule has 662 valence electrons. The molecule has 2 fully saturated rings. The third kappa shape index (κ3) is 47.3. The van der Waals surface area contributed by atoms with E-state index in [2.05, 4.69) is 79.3 Å². The Kier molecular flexibility index (Phi) is 65.3. The maximum absolute atomic E-state index is 15.8. The summed E-state index contributed by atoms with van der Waals surface area (Å²) in [5.41, 5.74) is -2.85. The lowest BCUT2D eigenvalue weighted by Gasteiger charge is -2.51. The number of unbranched alkanes of at least 4 members (excludes halogenated alkanes) is 32. The van der Waals surface area contributed by atoms with Gasteiger partial charge >= 0.3 is 28.0 Å². The predicted molar refractivity (Wildman–Crippen MR) is 449 cm³/mol. The maximum atomic E-state index is 15.8. The first-order valence-electron chi connectivity index (χ1n) is 43.7. The molecule has 1 unspecified atom stereocenters. The number of phosphoric ester groups is 2. The molecule has 2 heterocycles. The normalized spacial score (nSPS) is 21.1. The second kappa shape index (κ2) is 70.0. The molecular weight excluding hydrogens is 1500 g/mol. The number of ether oxygens (including phenoxy) is 12. The van der Waals surface area contributed by atoms with E-state index in [1.807, 2.05) is 0 Å². The van der Waals surface area contributed by atoms with Crippen molar-refractivity contribution in [2.24, 2.45) is 0 Å². The second-order valence-electron chi connectivity index (χ2n) is 29.7. The number of ketones is 1. The van der Waals surface area contributed by atoms with Crippen molar-refractivity contribution in [2.75, 3.05) is 86.9 Å². The van der Waals surface area contributed by atoms with Crippen molar-refractivity contribution in [1.82, 2.24) is 0 Å². The van der Waals surface area contributed by atoms with Crippen LogP contribution in [0, 0.1) is 0 Å². The first-order valence-corrected chi connectivity index (χ1v) is 46.6.